The average Bonchev–Trinajstić information content (AvgIpc) is 2.56. The molecular weight excluding hydrogens is 274 g/mol. The Hall–Kier alpha value is -2.20. The van der Waals surface area contributed by atoms with Gasteiger partial charge in [0.1, 0.15) is 0 Å². The Morgan fingerprint density at radius 3 is 2.73 bits per heavy atom. The molecule has 4 heteroatoms. The zero-order valence-corrected chi connectivity index (χ0v) is 12.8. The van der Waals surface area contributed by atoms with E-state index in [0.29, 0.717) is 5.56 Å². The number of nitrogens with one attached hydrogen (secondary N) is 2. The minimum Gasteiger partial charge on any atom is -0.348 e. The number of rotatable bonds is 3. The standard InChI is InChI=1S/C18H21N3O/c1-13-16(18(22)21-15-8-5-11-19-12-15)9-10-17(20-13)14-6-3-2-4-7-14/h2-4,6-7,9-10,15,19H,5,8,11-12H2,1H3,(H,21,22). The highest BCUT2D eigenvalue weighted by Gasteiger charge is 2.18. The molecule has 2 aromatic rings. The zero-order valence-electron chi connectivity index (χ0n) is 12.8. The number of hydrogen-bond acceptors (Lipinski definition) is 3. The monoisotopic (exact) mass is 295 g/mol. The number of nitrogens with zero attached hydrogens (tertiary/aromatic N) is 1. The number of aromatic nitrogens is 1. The molecular formula is C18H21N3O. The Balaban J connectivity index is 1.75. The molecule has 0 spiro atoms. The third-order valence-electron chi connectivity index (χ3n) is 4.03. The van der Waals surface area contributed by atoms with E-state index in [1.807, 2.05) is 49.4 Å². The van der Waals surface area contributed by atoms with Gasteiger partial charge in [0.2, 0.25) is 0 Å². The van der Waals surface area contributed by atoms with Crippen LogP contribution in [0.25, 0.3) is 11.3 Å². The van der Waals surface area contributed by atoms with Crippen LogP contribution in [-0.2, 0) is 0 Å². The number of benzene rings is 1. The van der Waals surface area contributed by atoms with Crippen molar-refractivity contribution in [3.8, 4) is 11.3 Å². The molecule has 114 valence electrons. The van der Waals surface area contributed by atoms with Crippen LogP contribution in [0.4, 0.5) is 0 Å². The predicted molar refractivity (Wildman–Crippen MR) is 87.8 cm³/mol. The molecule has 22 heavy (non-hydrogen) atoms. The van der Waals surface area contributed by atoms with Crippen LogP contribution >= 0.6 is 0 Å². The first-order chi connectivity index (χ1) is 10.7. The van der Waals surface area contributed by atoms with Gasteiger partial charge in [-0.15, -0.1) is 0 Å². The van der Waals surface area contributed by atoms with E-state index in [2.05, 4.69) is 15.6 Å². The third kappa shape index (κ3) is 3.34. The molecule has 3 rings (SSSR count). The maximum Gasteiger partial charge on any atom is 0.253 e. The van der Waals surface area contributed by atoms with E-state index in [0.717, 1.165) is 42.9 Å². The van der Waals surface area contributed by atoms with Gasteiger partial charge in [0.15, 0.2) is 0 Å². The van der Waals surface area contributed by atoms with Gasteiger partial charge >= 0.3 is 0 Å². The van der Waals surface area contributed by atoms with Crippen molar-refractivity contribution in [2.75, 3.05) is 13.1 Å². The van der Waals surface area contributed by atoms with Gasteiger partial charge in [-0.25, -0.2) is 0 Å². The van der Waals surface area contributed by atoms with E-state index < -0.39 is 0 Å². The Morgan fingerprint density at radius 2 is 2.05 bits per heavy atom. The Kier molecular flexibility index (Phi) is 4.49. The van der Waals surface area contributed by atoms with Crippen LogP contribution < -0.4 is 10.6 Å². The molecule has 1 atom stereocenters. The number of pyridine rings is 1. The highest BCUT2D eigenvalue weighted by atomic mass is 16.1. The number of carbonyl (C=O) groups excluding carboxylic acids is 1. The first-order valence-corrected chi connectivity index (χ1v) is 7.78. The number of piperidine rings is 1. The van der Waals surface area contributed by atoms with E-state index >= 15 is 0 Å². The van der Waals surface area contributed by atoms with Gasteiger partial charge in [0, 0.05) is 18.2 Å². The fourth-order valence-corrected chi connectivity index (χ4v) is 2.81. The number of carbonyl (C=O) groups is 1. The third-order valence-corrected chi connectivity index (χ3v) is 4.03. The first kappa shape index (κ1) is 14.7. The fraction of sp³-hybridized carbons (Fsp3) is 0.333. The minimum absolute atomic E-state index is 0.0293. The molecule has 0 radical (unpaired) electrons. The Morgan fingerprint density at radius 1 is 1.23 bits per heavy atom. The van der Waals surface area contributed by atoms with E-state index in [4.69, 9.17) is 0 Å². The Labute approximate surface area is 131 Å². The zero-order chi connectivity index (χ0) is 15.4. The summed E-state index contributed by atoms with van der Waals surface area (Å²) in [4.78, 5) is 17.0. The van der Waals surface area contributed by atoms with Gasteiger partial charge in [0.05, 0.1) is 17.0 Å². The van der Waals surface area contributed by atoms with Crippen LogP contribution in [0, 0.1) is 6.92 Å². The van der Waals surface area contributed by atoms with Crippen molar-refractivity contribution in [3.05, 3.63) is 53.7 Å². The predicted octanol–water partition coefficient (Wildman–Crippen LogP) is 2.54. The largest absolute Gasteiger partial charge is 0.348 e. The normalized spacial score (nSPS) is 18.0. The molecule has 0 aliphatic carbocycles. The summed E-state index contributed by atoms with van der Waals surface area (Å²) in [6.45, 7) is 3.78. The van der Waals surface area contributed by atoms with E-state index in [-0.39, 0.29) is 11.9 Å². The van der Waals surface area contributed by atoms with Gasteiger partial charge in [-0.05, 0) is 38.4 Å². The molecule has 1 aromatic heterocycles. The summed E-state index contributed by atoms with van der Waals surface area (Å²) in [5, 5.41) is 6.40. The molecule has 1 fully saturated rings. The van der Waals surface area contributed by atoms with Crippen molar-refractivity contribution in [2.24, 2.45) is 0 Å². The lowest BCUT2D eigenvalue weighted by atomic mass is 10.1. The van der Waals surface area contributed by atoms with Crippen molar-refractivity contribution in [1.29, 1.82) is 0 Å². The molecule has 2 heterocycles. The van der Waals surface area contributed by atoms with E-state index in [1.54, 1.807) is 0 Å². The molecule has 4 nitrogen and oxygen atoms in total. The fourth-order valence-electron chi connectivity index (χ4n) is 2.81. The summed E-state index contributed by atoms with van der Waals surface area (Å²) in [6.07, 6.45) is 2.14. The van der Waals surface area contributed by atoms with Gasteiger partial charge in [-0.2, -0.15) is 0 Å². The summed E-state index contributed by atoms with van der Waals surface area (Å²) in [6, 6.07) is 14.0. The summed E-state index contributed by atoms with van der Waals surface area (Å²) < 4.78 is 0. The second kappa shape index (κ2) is 6.71. The second-order valence-electron chi connectivity index (χ2n) is 5.71. The first-order valence-electron chi connectivity index (χ1n) is 7.78. The van der Waals surface area contributed by atoms with Crippen LogP contribution in [-0.4, -0.2) is 30.0 Å². The second-order valence-corrected chi connectivity index (χ2v) is 5.71. The molecule has 1 aliphatic rings. The smallest absolute Gasteiger partial charge is 0.253 e. The maximum absolute atomic E-state index is 12.4. The molecule has 1 aromatic carbocycles. The highest BCUT2D eigenvalue weighted by Crippen LogP contribution is 2.18. The summed E-state index contributed by atoms with van der Waals surface area (Å²) in [7, 11) is 0. The van der Waals surface area contributed by atoms with Crippen LogP contribution in [0.15, 0.2) is 42.5 Å². The van der Waals surface area contributed by atoms with Crippen LogP contribution in [0.1, 0.15) is 28.9 Å². The SMILES string of the molecule is Cc1nc(-c2ccccc2)ccc1C(=O)NC1CCCNC1. The quantitative estimate of drug-likeness (QED) is 0.915. The van der Waals surface area contributed by atoms with Crippen molar-refractivity contribution in [1.82, 2.24) is 15.6 Å². The van der Waals surface area contributed by atoms with E-state index in [1.165, 1.54) is 0 Å². The van der Waals surface area contributed by atoms with Crippen molar-refractivity contribution in [3.63, 3.8) is 0 Å². The van der Waals surface area contributed by atoms with Crippen LogP contribution in [0.5, 0.6) is 0 Å². The number of hydrogen-bond donors (Lipinski definition) is 2. The molecule has 1 aliphatic heterocycles. The molecule has 0 saturated carbocycles. The lowest BCUT2D eigenvalue weighted by Crippen LogP contribution is -2.45. The van der Waals surface area contributed by atoms with Crippen LogP contribution in [0.2, 0.25) is 0 Å². The van der Waals surface area contributed by atoms with Crippen molar-refractivity contribution in [2.45, 2.75) is 25.8 Å². The van der Waals surface area contributed by atoms with Crippen LogP contribution in [0.3, 0.4) is 0 Å². The van der Waals surface area contributed by atoms with Crippen molar-refractivity contribution >= 4 is 5.91 Å². The maximum atomic E-state index is 12.4. The average molecular weight is 295 g/mol. The molecule has 2 N–H and O–H groups in total. The topological polar surface area (TPSA) is 54.0 Å². The highest BCUT2D eigenvalue weighted by molar-refractivity contribution is 5.95. The van der Waals surface area contributed by atoms with Gasteiger partial charge in [-0.1, -0.05) is 30.3 Å². The van der Waals surface area contributed by atoms with Gasteiger partial charge < -0.3 is 10.6 Å². The van der Waals surface area contributed by atoms with Gasteiger partial charge in [0.25, 0.3) is 5.91 Å². The molecule has 1 unspecified atom stereocenters. The summed E-state index contributed by atoms with van der Waals surface area (Å²) in [5.74, 6) is -0.0293. The molecule has 1 saturated heterocycles. The number of aryl methyl sites for hydroxylation is 1. The Bertz CT molecular complexity index is 649. The van der Waals surface area contributed by atoms with Crippen molar-refractivity contribution < 1.29 is 4.79 Å². The lowest BCUT2D eigenvalue weighted by Gasteiger charge is -2.24. The van der Waals surface area contributed by atoms with E-state index in [9.17, 15) is 4.79 Å². The lowest BCUT2D eigenvalue weighted by molar-refractivity contribution is 0.0929. The minimum atomic E-state index is -0.0293. The molecule has 0 bridgehead atoms. The number of amides is 1. The summed E-state index contributed by atoms with van der Waals surface area (Å²) >= 11 is 0. The summed E-state index contributed by atoms with van der Waals surface area (Å²) in [5.41, 5.74) is 3.39. The molecule has 1 amide bonds. The van der Waals surface area contributed by atoms with Gasteiger partial charge in [-0.3, -0.25) is 9.78 Å².